The Labute approximate surface area is 122 Å². The van der Waals surface area contributed by atoms with Gasteiger partial charge in [-0.1, -0.05) is 0 Å². The highest BCUT2D eigenvalue weighted by molar-refractivity contribution is 7.99. The number of aromatic nitrogens is 2. The Balaban J connectivity index is 1.97. The van der Waals surface area contributed by atoms with Gasteiger partial charge < -0.3 is 26.5 Å². The summed E-state index contributed by atoms with van der Waals surface area (Å²) in [5.41, 5.74) is 12.1. The number of nitrogens with zero attached hydrogens (tertiary/aromatic N) is 1. The van der Waals surface area contributed by atoms with Crippen LogP contribution in [0.5, 0.6) is 5.75 Å². The van der Waals surface area contributed by atoms with Crippen LogP contribution in [0.15, 0.2) is 33.0 Å². The van der Waals surface area contributed by atoms with Crippen LogP contribution in [0.1, 0.15) is 0 Å². The van der Waals surface area contributed by atoms with Crippen molar-refractivity contribution < 1.29 is 9.53 Å². The first-order valence-electron chi connectivity index (χ1n) is 5.92. The number of carbonyl (C=O) groups excluding carboxylic acids is 1. The van der Waals surface area contributed by atoms with E-state index >= 15 is 0 Å². The van der Waals surface area contributed by atoms with E-state index in [0.717, 1.165) is 11.8 Å². The summed E-state index contributed by atoms with van der Waals surface area (Å²) in [6.07, 6.45) is 0. The summed E-state index contributed by atoms with van der Waals surface area (Å²) >= 11 is 1.14. The van der Waals surface area contributed by atoms with Crippen LogP contribution in [0.2, 0.25) is 0 Å². The van der Waals surface area contributed by atoms with E-state index in [0.29, 0.717) is 27.2 Å². The highest BCUT2D eigenvalue weighted by Gasteiger charge is 2.18. The van der Waals surface area contributed by atoms with E-state index < -0.39 is 0 Å². The minimum Gasteiger partial charge on any atom is -0.482 e. The number of aromatic amines is 1. The lowest BCUT2D eigenvalue weighted by molar-refractivity contribution is -0.118. The summed E-state index contributed by atoms with van der Waals surface area (Å²) in [6.45, 7) is -0.0387. The number of H-pyrrole nitrogens is 1. The monoisotopic (exact) mass is 305 g/mol. The second-order valence-corrected chi connectivity index (χ2v) is 5.33. The molecule has 21 heavy (non-hydrogen) atoms. The molecule has 1 aromatic carbocycles. The summed E-state index contributed by atoms with van der Waals surface area (Å²) in [4.78, 5) is 29.9. The molecule has 0 unspecified atom stereocenters. The number of hydrogen-bond acceptors (Lipinski definition) is 7. The predicted molar refractivity (Wildman–Crippen MR) is 78.4 cm³/mol. The van der Waals surface area contributed by atoms with Gasteiger partial charge >= 0.3 is 0 Å². The summed E-state index contributed by atoms with van der Waals surface area (Å²) < 4.78 is 5.27. The zero-order valence-corrected chi connectivity index (χ0v) is 11.5. The normalized spacial score (nSPS) is 13.2. The molecule has 6 N–H and O–H groups in total. The molecule has 0 aliphatic carbocycles. The number of hydrogen-bond donors (Lipinski definition) is 4. The maximum atomic E-state index is 11.4. The zero-order valence-electron chi connectivity index (χ0n) is 10.7. The van der Waals surface area contributed by atoms with Crippen LogP contribution >= 0.6 is 11.8 Å². The third kappa shape index (κ3) is 2.77. The van der Waals surface area contributed by atoms with Crippen molar-refractivity contribution in [1.29, 1.82) is 0 Å². The van der Waals surface area contributed by atoms with Gasteiger partial charge in [0.15, 0.2) is 11.8 Å². The molecule has 0 saturated carbocycles. The Kier molecular flexibility index (Phi) is 3.18. The Morgan fingerprint density at radius 2 is 2.05 bits per heavy atom. The molecule has 108 valence electrons. The molecule has 0 saturated heterocycles. The van der Waals surface area contributed by atoms with E-state index in [4.69, 9.17) is 16.2 Å². The van der Waals surface area contributed by atoms with Gasteiger partial charge in [0.2, 0.25) is 0 Å². The summed E-state index contributed by atoms with van der Waals surface area (Å²) in [5.74, 6) is 0.388. The van der Waals surface area contributed by atoms with Crippen LogP contribution in [0.3, 0.4) is 0 Å². The Morgan fingerprint density at radius 3 is 2.81 bits per heavy atom. The fraction of sp³-hybridized carbons (Fsp3) is 0.0833. The summed E-state index contributed by atoms with van der Waals surface area (Å²) in [5, 5.41) is 3.00. The van der Waals surface area contributed by atoms with Gasteiger partial charge in [0.05, 0.1) is 5.69 Å². The van der Waals surface area contributed by atoms with Crippen LogP contribution in [-0.2, 0) is 4.79 Å². The fourth-order valence-electron chi connectivity index (χ4n) is 1.82. The van der Waals surface area contributed by atoms with Crippen molar-refractivity contribution in [3.63, 3.8) is 0 Å². The Morgan fingerprint density at radius 1 is 1.24 bits per heavy atom. The summed E-state index contributed by atoms with van der Waals surface area (Å²) in [6, 6.07) is 4.46. The zero-order chi connectivity index (χ0) is 15.0. The Bertz CT molecular complexity index is 789. The smallest absolute Gasteiger partial charge is 0.262 e. The maximum absolute atomic E-state index is 11.4. The van der Waals surface area contributed by atoms with Crippen molar-refractivity contribution >= 4 is 34.9 Å². The molecule has 2 heterocycles. The first-order valence-corrected chi connectivity index (χ1v) is 6.74. The van der Waals surface area contributed by atoms with E-state index in [-0.39, 0.29) is 23.9 Å². The molecule has 1 aliphatic heterocycles. The van der Waals surface area contributed by atoms with Crippen molar-refractivity contribution in [2.75, 3.05) is 23.4 Å². The van der Waals surface area contributed by atoms with Crippen LogP contribution in [-0.4, -0.2) is 22.5 Å². The van der Waals surface area contributed by atoms with Gasteiger partial charge in [-0.15, -0.1) is 0 Å². The average molecular weight is 305 g/mol. The highest BCUT2D eigenvalue weighted by Crippen LogP contribution is 2.38. The topological polar surface area (TPSA) is 136 Å². The number of fused-ring (bicyclic) bond motifs is 1. The number of nitrogens with one attached hydrogen (secondary N) is 2. The lowest BCUT2D eigenvalue weighted by Gasteiger charge is -2.19. The van der Waals surface area contributed by atoms with Crippen molar-refractivity contribution in [2.24, 2.45) is 0 Å². The van der Waals surface area contributed by atoms with Crippen molar-refractivity contribution in [3.8, 4) is 5.75 Å². The van der Waals surface area contributed by atoms with Gasteiger partial charge in [0, 0.05) is 22.7 Å². The van der Waals surface area contributed by atoms with Crippen LogP contribution in [0, 0.1) is 0 Å². The quantitative estimate of drug-likeness (QED) is 0.466. The van der Waals surface area contributed by atoms with Crippen molar-refractivity contribution in [3.05, 3.63) is 28.6 Å². The third-order valence-electron chi connectivity index (χ3n) is 2.69. The number of rotatable bonds is 2. The third-order valence-corrected chi connectivity index (χ3v) is 3.65. The van der Waals surface area contributed by atoms with E-state index in [2.05, 4.69) is 15.3 Å². The summed E-state index contributed by atoms with van der Waals surface area (Å²) in [7, 11) is 0. The van der Waals surface area contributed by atoms with Gasteiger partial charge in [0.1, 0.15) is 11.6 Å². The number of ether oxygens (including phenoxy) is 1. The molecule has 0 spiro atoms. The molecule has 1 aromatic heterocycles. The van der Waals surface area contributed by atoms with E-state index in [9.17, 15) is 9.59 Å². The molecule has 0 fully saturated rings. The molecule has 0 radical (unpaired) electrons. The van der Waals surface area contributed by atoms with Crippen LogP contribution < -0.4 is 27.1 Å². The molecule has 0 atom stereocenters. The maximum Gasteiger partial charge on any atom is 0.262 e. The molecule has 3 rings (SSSR count). The predicted octanol–water partition coefficient (Wildman–Crippen LogP) is 0.416. The average Bonchev–Trinajstić information content (AvgIpc) is 2.39. The number of amides is 1. The van der Waals surface area contributed by atoms with Gasteiger partial charge in [-0.3, -0.25) is 9.59 Å². The first kappa shape index (κ1) is 13.3. The lowest BCUT2D eigenvalue weighted by Crippen LogP contribution is -2.25. The van der Waals surface area contributed by atoms with Crippen LogP contribution in [0.25, 0.3) is 0 Å². The molecular formula is C12H11N5O3S. The molecule has 0 bridgehead atoms. The molecule has 9 heteroatoms. The molecular weight excluding hydrogens is 294 g/mol. The van der Waals surface area contributed by atoms with Crippen molar-refractivity contribution in [2.45, 2.75) is 10.1 Å². The number of benzene rings is 1. The molecule has 2 aromatic rings. The van der Waals surface area contributed by atoms with Crippen molar-refractivity contribution in [1.82, 2.24) is 9.97 Å². The van der Waals surface area contributed by atoms with Gasteiger partial charge in [-0.25, -0.2) is 4.98 Å². The SMILES string of the molecule is Nc1cc(=O)[nH]c(Sc2cc3c(cc2N)OCC(=O)N3)n1. The van der Waals surface area contributed by atoms with Gasteiger partial charge in [-0.2, -0.15) is 0 Å². The molecule has 1 amide bonds. The first-order chi connectivity index (χ1) is 10.0. The number of carbonyl (C=O) groups is 1. The minimum absolute atomic E-state index is 0.0387. The van der Waals surface area contributed by atoms with E-state index in [1.54, 1.807) is 12.1 Å². The van der Waals surface area contributed by atoms with Crippen LogP contribution in [0.4, 0.5) is 17.2 Å². The molecule has 1 aliphatic rings. The fourth-order valence-corrected chi connectivity index (χ4v) is 2.68. The second kappa shape index (κ2) is 5.02. The second-order valence-electron chi connectivity index (χ2n) is 4.30. The number of nitrogen functional groups attached to an aromatic ring is 2. The minimum atomic E-state index is -0.349. The molecule has 8 nitrogen and oxygen atoms in total. The number of nitrogens with two attached hydrogens (primary N) is 2. The largest absolute Gasteiger partial charge is 0.482 e. The Hall–Kier alpha value is -2.68. The van der Waals surface area contributed by atoms with E-state index in [1.807, 2.05) is 0 Å². The lowest BCUT2D eigenvalue weighted by atomic mass is 10.2. The van der Waals surface area contributed by atoms with Gasteiger partial charge in [-0.05, 0) is 17.8 Å². The highest BCUT2D eigenvalue weighted by atomic mass is 32.2. The standard InChI is InChI=1S/C12H11N5O3S/c13-5-1-7-6(15-11(19)4-20-7)2-8(5)21-12-16-9(14)3-10(18)17-12/h1-3H,4,13H2,(H,15,19)(H3,14,16,17,18). The van der Waals surface area contributed by atoms with Gasteiger partial charge in [0.25, 0.3) is 11.5 Å². The number of anilines is 3. The van der Waals surface area contributed by atoms with E-state index in [1.165, 1.54) is 6.07 Å².